The first kappa shape index (κ1) is 20.6. The number of carbonyl (C=O) groups excluding carboxylic acids is 1. The molecule has 0 spiro atoms. The Balaban J connectivity index is 1.38. The Kier molecular flexibility index (Phi) is 6.44. The minimum absolute atomic E-state index is 0.0949. The summed E-state index contributed by atoms with van der Waals surface area (Å²) in [6.07, 6.45) is 0.548. The Labute approximate surface area is 187 Å². The van der Waals surface area contributed by atoms with Crippen LogP contribution in [0.1, 0.15) is 27.3 Å². The standard InChI is InChI=1S/C22H20BrN5OS/c1-15-2-6-17(7-3-15)22(29)24-13-12-20-26-25-19-10-11-21(27-28(19)20)30-14-16-4-8-18(23)9-5-16/h2-11H,12-14H2,1H3,(H,24,29). The lowest BCUT2D eigenvalue weighted by molar-refractivity contribution is 0.0954. The number of hydrogen-bond donors (Lipinski definition) is 1. The lowest BCUT2D eigenvalue weighted by Gasteiger charge is -2.06. The first-order valence-corrected chi connectivity index (χ1v) is 11.3. The number of aromatic nitrogens is 4. The fourth-order valence-electron chi connectivity index (χ4n) is 2.88. The fourth-order valence-corrected chi connectivity index (χ4v) is 3.96. The molecule has 0 aliphatic heterocycles. The molecular weight excluding hydrogens is 462 g/mol. The molecule has 0 aliphatic rings. The second-order valence-corrected chi connectivity index (χ2v) is 8.76. The highest BCUT2D eigenvalue weighted by Crippen LogP contribution is 2.22. The quantitative estimate of drug-likeness (QED) is 0.394. The van der Waals surface area contributed by atoms with Crippen molar-refractivity contribution in [3.8, 4) is 0 Å². The van der Waals surface area contributed by atoms with E-state index in [2.05, 4.69) is 48.7 Å². The lowest BCUT2D eigenvalue weighted by Crippen LogP contribution is -2.26. The molecule has 0 unspecified atom stereocenters. The summed E-state index contributed by atoms with van der Waals surface area (Å²) < 4.78 is 2.82. The van der Waals surface area contributed by atoms with Crippen LogP contribution in [0, 0.1) is 6.92 Å². The number of halogens is 1. The van der Waals surface area contributed by atoms with Crippen LogP contribution in [0.25, 0.3) is 5.65 Å². The predicted molar refractivity (Wildman–Crippen MR) is 122 cm³/mol. The highest BCUT2D eigenvalue weighted by Gasteiger charge is 2.10. The Morgan fingerprint density at radius 3 is 2.57 bits per heavy atom. The number of fused-ring (bicyclic) bond motifs is 1. The molecule has 0 bridgehead atoms. The van der Waals surface area contributed by atoms with E-state index in [1.807, 2.05) is 55.5 Å². The number of rotatable bonds is 7. The molecule has 152 valence electrons. The van der Waals surface area contributed by atoms with Gasteiger partial charge in [-0.3, -0.25) is 4.79 Å². The van der Waals surface area contributed by atoms with Crippen LogP contribution in [0.15, 0.2) is 70.2 Å². The Morgan fingerprint density at radius 2 is 1.80 bits per heavy atom. The molecule has 0 radical (unpaired) electrons. The van der Waals surface area contributed by atoms with Crippen LogP contribution in [0.3, 0.4) is 0 Å². The molecule has 1 amide bonds. The molecular formula is C22H20BrN5OS. The van der Waals surface area contributed by atoms with Crippen molar-refractivity contribution in [3.63, 3.8) is 0 Å². The zero-order valence-electron chi connectivity index (χ0n) is 16.4. The molecule has 0 atom stereocenters. The number of nitrogens with one attached hydrogen (secondary N) is 1. The van der Waals surface area contributed by atoms with E-state index >= 15 is 0 Å². The van der Waals surface area contributed by atoms with E-state index in [1.165, 1.54) is 5.56 Å². The van der Waals surface area contributed by atoms with E-state index in [0.29, 0.717) is 24.2 Å². The topological polar surface area (TPSA) is 72.2 Å². The second kappa shape index (κ2) is 9.40. The molecule has 6 nitrogen and oxygen atoms in total. The molecule has 2 aromatic carbocycles. The third kappa shape index (κ3) is 5.06. The largest absolute Gasteiger partial charge is 0.352 e. The molecule has 30 heavy (non-hydrogen) atoms. The summed E-state index contributed by atoms with van der Waals surface area (Å²) in [6.45, 7) is 2.46. The number of aryl methyl sites for hydroxylation is 1. The van der Waals surface area contributed by atoms with Crippen LogP contribution in [-0.2, 0) is 12.2 Å². The van der Waals surface area contributed by atoms with E-state index < -0.39 is 0 Å². The van der Waals surface area contributed by atoms with Gasteiger partial charge >= 0.3 is 0 Å². The number of hydrogen-bond acceptors (Lipinski definition) is 5. The minimum atomic E-state index is -0.0949. The zero-order valence-corrected chi connectivity index (χ0v) is 18.8. The molecule has 0 aliphatic carbocycles. The van der Waals surface area contributed by atoms with Gasteiger partial charge in [-0.25, -0.2) is 0 Å². The van der Waals surface area contributed by atoms with Crippen molar-refractivity contribution in [1.82, 2.24) is 25.1 Å². The molecule has 4 rings (SSSR count). The summed E-state index contributed by atoms with van der Waals surface area (Å²) >= 11 is 5.12. The maximum atomic E-state index is 12.3. The van der Waals surface area contributed by atoms with Crippen molar-refractivity contribution in [2.45, 2.75) is 24.1 Å². The van der Waals surface area contributed by atoms with Gasteiger partial charge in [0.2, 0.25) is 0 Å². The number of benzene rings is 2. The normalized spacial score (nSPS) is 11.0. The number of amides is 1. The summed E-state index contributed by atoms with van der Waals surface area (Å²) in [5.74, 6) is 1.46. The minimum Gasteiger partial charge on any atom is -0.352 e. The number of carbonyl (C=O) groups is 1. The summed E-state index contributed by atoms with van der Waals surface area (Å²) in [5, 5.41) is 16.9. The van der Waals surface area contributed by atoms with Gasteiger partial charge in [0.15, 0.2) is 11.5 Å². The highest BCUT2D eigenvalue weighted by molar-refractivity contribution is 9.10. The van der Waals surface area contributed by atoms with Gasteiger partial charge in [-0.2, -0.15) is 9.61 Å². The molecule has 8 heteroatoms. The van der Waals surface area contributed by atoms with Gasteiger partial charge in [0.1, 0.15) is 5.03 Å². The Morgan fingerprint density at radius 1 is 1.03 bits per heavy atom. The monoisotopic (exact) mass is 481 g/mol. The Bertz CT molecular complexity index is 1160. The predicted octanol–water partition coefficient (Wildman–Crippen LogP) is 4.46. The van der Waals surface area contributed by atoms with Crippen molar-refractivity contribution >= 4 is 39.2 Å². The molecule has 0 fully saturated rings. The van der Waals surface area contributed by atoms with E-state index in [0.717, 1.165) is 26.6 Å². The van der Waals surface area contributed by atoms with Gasteiger partial charge in [0.25, 0.3) is 5.91 Å². The average Bonchev–Trinajstić information content (AvgIpc) is 3.16. The van der Waals surface area contributed by atoms with Crippen molar-refractivity contribution in [2.24, 2.45) is 0 Å². The first-order chi connectivity index (χ1) is 14.6. The van der Waals surface area contributed by atoms with Gasteiger partial charge in [0.05, 0.1) is 0 Å². The first-order valence-electron chi connectivity index (χ1n) is 9.52. The van der Waals surface area contributed by atoms with Gasteiger partial charge in [-0.1, -0.05) is 57.5 Å². The average molecular weight is 482 g/mol. The van der Waals surface area contributed by atoms with Crippen molar-refractivity contribution in [3.05, 3.63) is 87.7 Å². The molecule has 2 aromatic heterocycles. The maximum absolute atomic E-state index is 12.3. The van der Waals surface area contributed by atoms with Crippen LogP contribution in [0.4, 0.5) is 0 Å². The van der Waals surface area contributed by atoms with Crippen molar-refractivity contribution in [1.29, 1.82) is 0 Å². The van der Waals surface area contributed by atoms with Crippen LogP contribution >= 0.6 is 27.7 Å². The van der Waals surface area contributed by atoms with Crippen molar-refractivity contribution in [2.75, 3.05) is 6.54 Å². The van der Waals surface area contributed by atoms with Gasteiger partial charge < -0.3 is 5.32 Å². The van der Waals surface area contributed by atoms with Gasteiger partial charge in [-0.05, 0) is 48.9 Å². The van der Waals surface area contributed by atoms with Crippen LogP contribution < -0.4 is 5.32 Å². The van der Waals surface area contributed by atoms with E-state index in [1.54, 1.807) is 16.3 Å². The number of thioether (sulfide) groups is 1. The SMILES string of the molecule is Cc1ccc(C(=O)NCCc2nnc3ccc(SCc4ccc(Br)cc4)nn23)cc1. The summed E-state index contributed by atoms with van der Waals surface area (Å²) in [5.41, 5.74) is 3.70. The smallest absolute Gasteiger partial charge is 0.251 e. The summed E-state index contributed by atoms with van der Waals surface area (Å²) in [4.78, 5) is 12.3. The molecule has 2 heterocycles. The highest BCUT2D eigenvalue weighted by atomic mass is 79.9. The molecule has 0 saturated carbocycles. The van der Waals surface area contributed by atoms with Crippen molar-refractivity contribution < 1.29 is 4.79 Å². The van der Waals surface area contributed by atoms with E-state index in [9.17, 15) is 4.79 Å². The van der Waals surface area contributed by atoms with E-state index in [4.69, 9.17) is 0 Å². The van der Waals surface area contributed by atoms with Crippen LogP contribution in [0.2, 0.25) is 0 Å². The summed E-state index contributed by atoms with van der Waals surface area (Å²) in [7, 11) is 0. The summed E-state index contributed by atoms with van der Waals surface area (Å²) in [6, 6.07) is 19.6. The van der Waals surface area contributed by atoms with Crippen LogP contribution in [0.5, 0.6) is 0 Å². The second-order valence-electron chi connectivity index (χ2n) is 6.84. The maximum Gasteiger partial charge on any atom is 0.251 e. The molecule has 1 N–H and O–H groups in total. The van der Waals surface area contributed by atoms with Gasteiger partial charge in [-0.15, -0.1) is 10.2 Å². The van der Waals surface area contributed by atoms with E-state index in [-0.39, 0.29) is 5.91 Å². The zero-order chi connectivity index (χ0) is 20.9. The lowest BCUT2D eigenvalue weighted by atomic mass is 10.1. The number of nitrogens with zero attached hydrogens (tertiary/aromatic N) is 4. The molecule has 0 saturated heterocycles. The Hall–Kier alpha value is -2.71. The third-order valence-electron chi connectivity index (χ3n) is 4.55. The molecule has 4 aromatic rings. The van der Waals surface area contributed by atoms with Gasteiger partial charge in [0, 0.05) is 28.8 Å². The fraction of sp³-hybridized carbons (Fsp3) is 0.182. The van der Waals surface area contributed by atoms with Crippen LogP contribution in [-0.4, -0.2) is 32.3 Å². The third-order valence-corrected chi connectivity index (χ3v) is 6.07.